The van der Waals surface area contributed by atoms with E-state index >= 15 is 0 Å². The Morgan fingerprint density at radius 1 is 1.03 bits per heavy atom. The van der Waals surface area contributed by atoms with Gasteiger partial charge in [0, 0.05) is 28.2 Å². The molecule has 6 nitrogen and oxygen atoms in total. The van der Waals surface area contributed by atoms with Crippen LogP contribution in [0.15, 0.2) is 89.6 Å². The summed E-state index contributed by atoms with van der Waals surface area (Å²) in [6, 6.07) is 24.4. The first kappa shape index (κ1) is 22.6. The van der Waals surface area contributed by atoms with Crippen LogP contribution in [0, 0.1) is 6.92 Å². The van der Waals surface area contributed by atoms with Crippen LogP contribution < -0.4 is 10.1 Å². The Balaban J connectivity index is 1.39. The summed E-state index contributed by atoms with van der Waals surface area (Å²) in [7, 11) is 1.63. The van der Waals surface area contributed by atoms with E-state index in [2.05, 4.69) is 45.6 Å². The predicted octanol–water partition coefficient (Wildman–Crippen LogP) is 7.49. The quantitative estimate of drug-likeness (QED) is 0.247. The topological polar surface area (TPSA) is 80.1 Å². The van der Waals surface area contributed by atoms with Crippen LogP contribution in [-0.2, 0) is 4.79 Å². The summed E-state index contributed by atoms with van der Waals surface area (Å²) in [5.74, 6) is 0.803. The highest BCUT2D eigenvalue weighted by atomic mass is 16.5. The molecule has 0 bridgehead atoms. The van der Waals surface area contributed by atoms with Crippen molar-refractivity contribution in [2.75, 3.05) is 12.4 Å². The van der Waals surface area contributed by atoms with E-state index in [1.807, 2.05) is 56.3 Å². The first-order valence-corrected chi connectivity index (χ1v) is 12.0. The SMILES string of the molecule is COc1c(/C(C)=C/C(=O)Nc2nc3ccccc3[nH]2)cc2c(-c3ccc4ccccc4c3)coc2c1C. The molecule has 0 saturated carbocycles. The third-order valence-electron chi connectivity index (χ3n) is 6.71. The molecular weight excluding hydrogens is 462 g/mol. The van der Waals surface area contributed by atoms with Gasteiger partial charge in [0.2, 0.25) is 5.95 Å². The molecule has 0 fully saturated rings. The van der Waals surface area contributed by atoms with Crippen molar-refractivity contribution in [2.24, 2.45) is 0 Å². The largest absolute Gasteiger partial charge is 0.496 e. The molecule has 0 radical (unpaired) electrons. The summed E-state index contributed by atoms with van der Waals surface area (Å²) in [5, 5.41) is 6.15. The van der Waals surface area contributed by atoms with Crippen LogP contribution in [-0.4, -0.2) is 23.0 Å². The number of nitrogens with zero attached hydrogens (tertiary/aromatic N) is 1. The van der Waals surface area contributed by atoms with Gasteiger partial charge in [-0.1, -0.05) is 48.5 Å². The molecule has 37 heavy (non-hydrogen) atoms. The van der Waals surface area contributed by atoms with E-state index in [9.17, 15) is 4.79 Å². The maximum absolute atomic E-state index is 12.9. The van der Waals surface area contributed by atoms with Crippen LogP contribution in [0.4, 0.5) is 5.95 Å². The molecule has 6 aromatic rings. The number of carbonyl (C=O) groups excluding carboxylic acids is 1. The molecule has 0 saturated heterocycles. The molecule has 0 aliphatic carbocycles. The summed E-state index contributed by atoms with van der Waals surface area (Å²) in [5.41, 5.74) is 6.96. The van der Waals surface area contributed by atoms with Crippen molar-refractivity contribution >= 4 is 50.2 Å². The molecule has 0 unspecified atom stereocenters. The summed E-state index contributed by atoms with van der Waals surface area (Å²) in [4.78, 5) is 20.4. The number of fused-ring (bicyclic) bond motifs is 3. The summed E-state index contributed by atoms with van der Waals surface area (Å²) in [6.45, 7) is 3.87. The van der Waals surface area contributed by atoms with Gasteiger partial charge in [-0.15, -0.1) is 0 Å². The number of hydrogen-bond acceptors (Lipinski definition) is 4. The number of methoxy groups -OCH3 is 1. The Morgan fingerprint density at radius 3 is 2.62 bits per heavy atom. The van der Waals surface area contributed by atoms with E-state index in [-0.39, 0.29) is 5.91 Å². The molecular formula is C31H25N3O3. The maximum atomic E-state index is 12.9. The Bertz CT molecular complexity index is 1810. The van der Waals surface area contributed by atoms with E-state index in [0.717, 1.165) is 55.2 Å². The van der Waals surface area contributed by atoms with Gasteiger partial charge in [0.25, 0.3) is 5.91 Å². The van der Waals surface area contributed by atoms with Gasteiger partial charge < -0.3 is 14.1 Å². The van der Waals surface area contributed by atoms with Crippen molar-refractivity contribution in [3.05, 3.63) is 96.3 Å². The molecule has 2 heterocycles. The van der Waals surface area contributed by atoms with Gasteiger partial charge >= 0.3 is 0 Å². The summed E-state index contributed by atoms with van der Waals surface area (Å²) in [6.07, 6.45) is 3.35. The number of nitrogens with one attached hydrogen (secondary N) is 2. The molecule has 1 amide bonds. The third-order valence-corrected chi connectivity index (χ3v) is 6.71. The third kappa shape index (κ3) is 4.02. The number of aromatic nitrogens is 2. The Labute approximate surface area is 213 Å². The summed E-state index contributed by atoms with van der Waals surface area (Å²) < 4.78 is 11.8. The highest BCUT2D eigenvalue weighted by molar-refractivity contribution is 6.06. The number of H-pyrrole nitrogens is 1. The van der Waals surface area contributed by atoms with Gasteiger partial charge in [-0.3, -0.25) is 10.1 Å². The lowest BCUT2D eigenvalue weighted by molar-refractivity contribution is -0.111. The molecule has 0 spiro atoms. The van der Waals surface area contributed by atoms with Crippen LogP contribution in [0.1, 0.15) is 18.1 Å². The Hall–Kier alpha value is -4.84. The molecule has 0 aliphatic rings. The lowest BCUT2D eigenvalue weighted by Gasteiger charge is -2.13. The second kappa shape index (κ2) is 8.99. The number of hydrogen-bond donors (Lipinski definition) is 2. The van der Waals surface area contributed by atoms with Crippen molar-refractivity contribution in [2.45, 2.75) is 13.8 Å². The fraction of sp³-hybridized carbons (Fsp3) is 0.0968. The summed E-state index contributed by atoms with van der Waals surface area (Å²) >= 11 is 0. The van der Waals surface area contributed by atoms with E-state index in [1.54, 1.807) is 19.4 Å². The van der Waals surface area contributed by atoms with Gasteiger partial charge in [0.05, 0.1) is 24.4 Å². The lowest BCUT2D eigenvalue weighted by atomic mass is 9.95. The Kier molecular flexibility index (Phi) is 5.49. The number of rotatable bonds is 5. The predicted molar refractivity (Wildman–Crippen MR) is 149 cm³/mol. The second-order valence-electron chi connectivity index (χ2n) is 9.09. The standard InChI is InChI=1S/C31H25N3O3/c1-18(14-28(35)34-31-32-26-10-6-7-11-27(26)33-31)23-16-24-25(17-37-30(24)19(2)29(23)36-3)22-13-12-20-8-4-5-9-21(20)15-22/h4-17H,1-3H3,(H2,32,33,34,35)/b18-14+. The highest BCUT2D eigenvalue weighted by Crippen LogP contribution is 2.41. The van der Waals surface area contributed by atoms with E-state index < -0.39 is 0 Å². The fourth-order valence-electron chi connectivity index (χ4n) is 4.89. The number of allylic oxidation sites excluding steroid dienone is 1. The van der Waals surface area contributed by atoms with Crippen LogP contribution in [0.3, 0.4) is 0 Å². The number of ether oxygens (including phenoxy) is 1. The van der Waals surface area contributed by atoms with Gasteiger partial charge in [-0.2, -0.15) is 0 Å². The lowest BCUT2D eigenvalue weighted by Crippen LogP contribution is -2.10. The van der Waals surface area contributed by atoms with E-state index in [0.29, 0.717) is 11.7 Å². The van der Waals surface area contributed by atoms with Crippen LogP contribution in [0.5, 0.6) is 5.75 Å². The zero-order chi connectivity index (χ0) is 25.5. The van der Waals surface area contributed by atoms with Crippen molar-refractivity contribution in [1.82, 2.24) is 9.97 Å². The number of furan rings is 1. The van der Waals surface area contributed by atoms with Crippen LogP contribution >= 0.6 is 0 Å². The van der Waals surface area contributed by atoms with Crippen molar-refractivity contribution in [3.8, 4) is 16.9 Å². The monoisotopic (exact) mass is 487 g/mol. The van der Waals surface area contributed by atoms with E-state index in [1.165, 1.54) is 5.39 Å². The maximum Gasteiger partial charge on any atom is 0.250 e. The molecule has 6 heteroatoms. The zero-order valence-corrected chi connectivity index (χ0v) is 20.8. The minimum absolute atomic E-state index is 0.279. The number of amides is 1. The molecule has 4 aromatic carbocycles. The van der Waals surface area contributed by atoms with Crippen molar-refractivity contribution in [3.63, 3.8) is 0 Å². The molecule has 0 atom stereocenters. The average Bonchev–Trinajstić information content (AvgIpc) is 3.52. The van der Waals surface area contributed by atoms with Crippen molar-refractivity contribution < 1.29 is 13.9 Å². The number of aryl methyl sites for hydroxylation is 1. The van der Waals surface area contributed by atoms with Crippen molar-refractivity contribution in [1.29, 1.82) is 0 Å². The number of imidazole rings is 1. The normalized spacial score (nSPS) is 11.9. The smallest absolute Gasteiger partial charge is 0.250 e. The first-order chi connectivity index (χ1) is 18.0. The minimum Gasteiger partial charge on any atom is -0.496 e. The van der Waals surface area contributed by atoms with Gasteiger partial charge in [0.1, 0.15) is 11.3 Å². The number of benzene rings is 4. The van der Waals surface area contributed by atoms with Gasteiger partial charge in [0.15, 0.2) is 0 Å². The Morgan fingerprint density at radius 2 is 1.81 bits per heavy atom. The van der Waals surface area contributed by atoms with Crippen LogP contribution in [0.2, 0.25) is 0 Å². The number of aromatic amines is 1. The molecule has 2 aromatic heterocycles. The number of carbonyl (C=O) groups is 1. The number of para-hydroxylation sites is 2. The first-order valence-electron chi connectivity index (χ1n) is 12.0. The fourth-order valence-corrected chi connectivity index (χ4v) is 4.89. The second-order valence-corrected chi connectivity index (χ2v) is 9.09. The van der Waals surface area contributed by atoms with Crippen LogP contribution in [0.25, 0.3) is 49.5 Å². The molecule has 2 N–H and O–H groups in total. The molecule has 182 valence electrons. The number of anilines is 1. The average molecular weight is 488 g/mol. The van der Waals surface area contributed by atoms with Gasteiger partial charge in [-0.05, 0) is 60.0 Å². The highest BCUT2D eigenvalue weighted by Gasteiger charge is 2.19. The molecule has 6 rings (SSSR count). The molecule has 0 aliphatic heterocycles. The van der Waals surface area contributed by atoms with Gasteiger partial charge in [-0.25, -0.2) is 4.98 Å². The minimum atomic E-state index is -0.279. The van der Waals surface area contributed by atoms with E-state index in [4.69, 9.17) is 9.15 Å². The zero-order valence-electron chi connectivity index (χ0n) is 20.8.